The Bertz CT molecular complexity index is 555. The van der Waals surface area contributed by atoms with E-state index in [4.69, 9.17) is 4.74 Å². The standard InChI is InChI=1S/C15H17Br2NO2/c1-15(8-18-4-2-3-5-18)9-20-13-11(14(15)19)6-10(16)7-12(13)17/h6-7H,2-5,8-9H2,1H3. The summed E-state index contributed by atoms with van der Waals surface area (Å²) in [5.41, 5.74) is 0.233. The number of ketones is 1. The average Bonchev–Trinajstić information content (AvgIpc) is 2.87. The minimum Gasteiger partial charge on any atom is -0.491 e. The van der Waals surface area contributed by atoms with E-state index in [0.29, 0.717) is 17.9 Å². The molecule has 1 saturated heterocycles. The third kappa shape index (κ3) is 2.55. The molecule has 0 spiro atoms. The maximum absolute atomic E-state index is 12.9. The number of hydrogen-bond donors (Lipinski definition) is 0. The van der Waals surface area contributed by atoms with Crippen molar-refractivity contribution in [2.75, 3.05) is 26.2 Å². The van der Waals surface area contributed by atoms with Crippen molar-refractivity contribution in [3.8, 4) is 5.75 Å². The summed E-state index contributed by atoms with van der Waals surface area (Å²) in [7, 11) is 0. The highest BCUT2D eigenvalue weighted by Crippen LogP contribution is 2.41. The van der Waals surface area contributed by atoms with E-state index in [1.54, 1.807) is 0 Å². The summed E-state index contributed by atoms with van der Waals surface area (Å²) >= 11 is 6.91. The molecule has 3 rings (SSSR count). The number of likely N-dealkylation sites (tertiary alicyclic amines) is 1. The Hall–Kier alpha value is -0.390. The van der Waals surface area contributed by atoms with Crippen molar-refractivity contribution in [2.24, 2.45) is 5.41 Å². The number of halogens is 2. The van der Waals surface area contributed by atoms with Crippen molar-refractivity contribution in [1.29, 1.82) is 0 Å². The number of carbonyl (C=O) groups excluding carboxylic acids is 1. The Balaban J connectivity index is 1.91. The molecule has 0 radical (unpaired) electrons. The zero-order valence-electron chi connectivity index (χ0n) is 11.4. The second-order valence-electron chi connectivity index (χ2n) is 5.93. The van der Waals surface area contributed by atoms with Gasteiger partial charge in [-0.15, -0.1) is 0 Å². The average molecular weight is 403 g/mol. The van der Waals surface area contributed by atoms with Gasteiger partial charge >= 0.3 is 0 Å². The molecule has 0 bridgehead atoms. The fourth-order valence-electron chi connectivity index (χ4n) is 3.05. The van der Waals surface area contributed by atoms with Gasteiger partial charge in [-0.05, 0) is 60.9 Å². The van der Waals surface area contributed by atoms with Gasteiger partial charge in [0.05, 0.1) is 15.5 Å². The van der Waals surface area contributed by atoms with E-state index in [1.807, 2.05) is 19.1 Å². The summed E-state index contributed by atoms with van der Waals surface area (Å²) in [4.78, 5) is 15.3. The Morgan fingerprint density at radius 2 is 2.00 bits per heavy atom. The van der Waals surface area contributed by atoms with Crippen LogP contribution in [-0.4, -0.2) is 36.9 Å². The van der Waals surface area contributed by atoms with Crippen LogP contribution in [0.25, 0.3) is 0 Å². The van der Waals surface area contributed by atoms with Gasteiger partial charge in [0.25, 0.3) is 0 Å². The Labute approximate surface area is 135 Å². The molecule has 1 aromatic carbocycles. The van der Waals surface area contributed by atoms with E-state index < -0.39 is 5.41 Å². The van der Waals surface area contributed by atoms with Crippen LogP contribution in [0.5, 0.6) is 5.75 Å². The molecule has 1 fully saturated rings. The maximum atomic E-state index is 12.9. The fourth-order valence-corrected chi connectivity index (χ4v) is 4.39. The minimum absolute atomic E-state index is 0.188. The third-order valence-electron chi connectivity index (χ3n) is 4.11. The second-order valence-corrected chi connectivity index (χ2v) is 7.70. The largest absolute Gasteiger partial charge is 0.491 e. The van der Waals surface area contributed by atoms with Gasteiger partial charge in [0, 0.05) is 11.0 Å². The number of rotatable bonds is 2. The molecule has 2 heterocycles. The van der Waals surface area contributed by atoms with Crippen LogP contribution >= 0.6 is 31.9 Å². The molecule has 0 amide bonds. The molecule has 108 valence electrons. The lowest BCUT2D eigenvalue weighted by atomic mass is 9.80. The summed E-state index contributed by atoms with van der Waals surface area (Å²) in [5, 5.41) is 0. The number of benzene rings is 1. The van der Waals surface area contributed by atoms with Crippen LogP contribution < -0.4 is 4.74 Å². The highest BCUT2D eigenvalue weighted by Gasteiger charge is 2.42. The molecule has 1 atom stereocenters. The van der Waals surface area contributed by atoms with E-state index in [2.05, 4.69) is 36.8 Å². The van der Waals surface area contributed by atoms with Crippen molar-refractivity contribution < 1.29 is 9.53 Å². The first-order valence-electron chi connectivity index (χ1n) is 6.89. The van der Waals surface area contributed by atoms with Gasteiger partial charge in [0.15, 0.2) is 5.78 Å². The zero-order valence-corrected chi connectivity index (χ0v) is 14.6. The zero-order chi connectivity index (χ0) is 14.3. The number of fused-ring (bicyclic) bond motifs is 1. The number of nitrogens with zero attached hydrogens (tertiary/aromatic N) is 1. The normalized spacial score (nSPS) is 26.4. The predicted molar refractivity (Wildman–Crippen MR) is 85.4 cm³/mol. The van der Waals surface area contributed by atoms with Crippen LogP contribution in [0.1, 0.15) is 30.1 Å². The van der Waals surface area contributed by atoms with E-state index >= 15 is 0 Å². The molecule has 0 saturated carbocycles. The first kappa shape index (κ1) is 14.5. The van der Waals surface area contributed by atoms with Crippen molar-refractivity contribution in [3.63, 3.8) is 0 Å². The van der Waals surface area contributed by atoms with Crippen molar-refractivity contribution >= 4 is 37.6 Å². The van der Waals surface area contributed by atoms with E-state index in [-0.39, 0.29) is 5.78 Å². The topological polar surface area (TPSA) is 29.5 Å². The maximum Gasteiger partial charge on any atom is 0.177 e. The highest BCUT2D eigenvalue weighted by atomic mass is 79.9. The summed E-state index contributed by atoms with van der Waals surface area (Å²) < 4.78 is 7.62. The van der Waals surface area contributed by atoms with Crippen molar-refractivity contribution in [2.45, 2.75) is 19.8 Å². The molecule has 0 aromatic heterocycles. The van der Waals surface area contributed by atoms with Gasteiger partial charge < -0.3 is 9.64 Å². The van der Waals surface area contributed by atoms with Gasteiger partial charge in [-0.1, -0.05) is 15.9 Å². The van der Waals surface area contributed by atoms with Crippen LogP contribution in [0.3, 0.4) is 0 Å². The number of Topliss-reactive ketones (excluding diaryl/α,β-unsaturated/α-hetero) is 1. The van der Waals surface area contributed by atoms with E-state index in [9.17, 15) is 4.79 Å². The molecule has 0 aliphatic carbocycles. The predicted octanol–water partition coefficient (Wildman–Crippen LogP) is 3.89. The van der Waals surface area contributed by atoms with Crippen LogP contribution in [0.4, 0.5) is 0 Å². The van der Waals surface area contributed by atoms with Crippen molar-refractivity contribution in [3.05, 3.63) is 26.6 Å². The van der Waals surface area contributed by atoms with Crippen LogP contribution in [0, 0.1) is 5.41 Å². The fraction of sp³-hybridized carbons (Fsp3) is 0.533. The van der Waals surface area contributed by atoms with Crippen molar-refractivity contribution in [1.82, 2.24) is 4.90 Å². The smallest absolute Gasteiger partial charge is 0.177 e. The SMILES string of the molecule is CC1(CN2CCCC2)COc2c(Br)cc(Br)cc2C1=O. The molecule has 5 heteroatoms. The highest BCUT2D eigenvalue weighted by molar-refractivity contribution is 9.11. The lowest BCUT2D eigenvalue weighted by Gasteiger charge is -2.36. The molecular formula is C15H17Br2NO2. The lowest BCUT2D eigenvalue weighted by Crippen LogP contribution is -2.46. The van der Waals surface area contributed by atoms with Gasteiger partial charge in [-0.2, -0.15) is 0 Å². The Morgan fingerprint density at radius 3 is 2.70 bits per heavy atom. The monoisotopic (exact) mass is 401 g/mol. The first-order chi connectivity index (χ1) is 9.49. The summed E-state index contributed by atoms with van der Waals surface area (Å²) in [6, 6.07) is 3.78. The summed E-state index contributed by atoms with van der Waals surface area (Å²) in [5.74, 6) is 0.866. The molecule has 1 aromatic rings. The van der Waals surface area contributed by atoms with E-state index in [1.165, 1.54) is 12.8 Å². The Morgan fingerprint density at radius 1 is 1.30 bits per heavy atom. The number of carbonyl (C=O) groups is 1. The summed E-state index contributed by atoms with van der Waals surface area (Å²) in [6.45, 7) is 5.45. The number of ether oxygens (including phenoxy) is 1. The van der Waals surface area contributed by atoms with Gasteiger partial charge in [-0.25, -0.2) is 0 Å². The quantitative estimate of drug-likeness (QED) is 0.751. The first-order valence-corrected chi connectivity index (χ1v) is 8.47. The van der Waals surface area contributed by atoms with Gasteiger partial charge in [-0.3, -0.25) is 4.79 Å². The number of hydrogen-bond acceptors (Lipinski definition) is 3. The molecule has 3 nitrogen and oxygen atoms in total. The lowest BCUT2D eigenvalue weighted by molar-refractivity contribution is 0.0549. The summed E-state index contributed by atoms with van der Waals surface area (Å²) in [6.07, 6.45) is 2.47. The molecule has 2 aliphatic heterocycles. The van der Waals surface area contributed by atoms with Crippen LogP contribution in [-0.2, 0) is 0 Å². The van der Waals surface area contributed by atoms with Gasteiger partial charge in [0.1, 0.15) is 12.4 Å². The third-order valence-corrected chi connectivity index (χ3v) is 5.15. The molecule has 20 heavy (non-hydrogen) atoms. The van der Waals surface area contributed by atoms with Crippen LogP contribution in [0.2, 0.25) is 0 Å². The Kier molecular flexibility index (Phi) is 3.95. The molecule has 2 aliphatic rings. The van der Waals surface area contributed by atoms with Gasteiger partial charge in [0.2, 0.25) is 0 Å². The molecular weight excluding hydrogens is 386 g/mol. The molecule has 0 N–H and O–H groups in total. The second kappa shape index (κ2) is 5.43. The van der Waals surface area contributed by atoms with Crippen LogP contribution in [0.15, 0.2) is 21.1 Å². The minimum atomic E-state index is -0.447. The van der Waals surface area contributed by atoms with E-state index in [0.717, 1.165) is 28.6 Å². The molecule has 1 unspecified atom stereocenters.